The summed E-state index contributed by atoms with van der Waals surface area (Å²) < 4.78 is 0. The van der Waals surface area contributed by atoms with E-state index in [0.717, 1.165) is 17.5 Å². The number of rotatable bonds is 9. The van der Waals surface area contributed by atoms with Crippen LogP contribution in [0.25, 0.3) is 0 Å². The number of halogens is 1. The number of nitrogens with zero attached hydrogens (tertiary/aromatic N) is 1. The fourth-order valence-electron chi connectivity index (χ4n) is 2.87. The molecule has 1 N–H and O–H groups in total. The first-order chi connectivity index (χ1) is 13.4. The lowest BCUT2D eigenvalue weighted by atomic mass is 10.1. The van der Waals surface area contributed by atoms with Crippen LogP contribution in [0.3, 0.4) is 0 Å². The summed E-state index contributed by atoms with van der Waals surface area (Å²) in [4.78, 5) is 27.3. The summed E-state index contributed by atoms with van der Waals surface area (Å²) in [5.74, 6) is 0.307. The second-order valence-electron chi connectivity index (χ2n) is 7.46. The molecule has 2 rings (SSSR count). The smallest absolute Gasteiger partial charge is 0.242 e. The summed E-state index contributed by atoms with van der Waals surface area (Å²) in [6.07, 6.45) is 1.14. The van der Waals surface area contributed by atoms with Gasteiger partial charge in [0.2, 0.25) is 11.8 Å². The lowest BCUT2D eigenvalue weighted by Gasteiger charge is -2.29. The Balaban J connectivity index is 2.12. The van der Waals surface area contributed by atoms with Gasteiger partial charge in [-0.15, -0.1) is 0 Å². The van der Waals surface area contributed by atoms with Gasteiger partial charge in [-0.3, -0.25) is 9.59 Å². The molecule has 5 heteroatoms. The molecule has 1 atom stereocenters. The lowest BCUT2D eigenvalue weighted by molar-refractivity contribution is -0.140. The van der Waals surface area contributed by atoms with Gasteiger partial charge in [0, 0.05) is 18.1 Å². The Morgan fingerprint density at radius 2 is 1.61 bits per heavy atom. The van der Waals surface area contributed by atoms with E-state index in [-0.39, 0.29) is 18.2 Å². The monoisotopic (exact) mass is 400 g/mol. The maximum atomic E-state index is 13.0. The molecule has 0 spiro atoms. The molecule has 0 bridgehead atoms. The molecule has 0 heterocycles. The Hall–Kier alpha value is -2.33. The molecule has 0 saturated heterocycles. The first-order valence-corrected chi connectivity index (χ1v) is 10.1. The van der Waals surface area contributed by atoms with E-state index in [1.165, 1.54) is 0 Å². The predicted molar refractivity (Wildman–Crippen MR) is 114 cm³/mol. The van der Waals surface area contributed by atoms with E-state index in [0.29, 0.717) is 24.0 Å². The Bertz CT molecular complexity index is 760. The van der Waals surface area contributed by atoms with E-state index in [2.05, 4.69) is 19.2 Å². The van der Waals surface area contributed by atoms with Gasteiger partial charge >= 0.3 is 0 Å². The van der Waals surface area contributed by atoms with E-state index in [1.807, 2.05) is 42.5 Å². The minimum atomic E-state index is -0.549. The van der Waals surface area contributed by atoms with E-state index < -0.39 is 6.04 Å². The molecule has 2 amide bonds. The Labute approximate surface area is 172 Å². The summed E-state index contributed by atoms with van der Waals surface area (Å²) in [6.45, 7) is 7.03. The Morgan fingerprint density at radius 1 is 0.964 bits per heavy atom. The third kappa shape index (κ3) is 7.01. The minimum absolute atomic E-state index is 0.0855. The number of carbonyl (C=O) groups is 2. The topological polar surface area (TPSA) is 49.4 Å². The van der Waals surface area contributed by atoms with Gasteiger partial charge < -0.3 is 10.2 Å². The van der Waals surface area contributed by atoms with Gasteiger partial charge in [0.15, 0.2) is 0 Å². The fourth-order valence-corrected chi connectivity index (χ4v) is 3.00. The van der Waals surface area contributed by atoms with Gasteiger partial charge in [0.1, 0.15) is 6.04 Å². The van der Waals surface area contributed by atoms with Crippen molar-refractivity contribution in [1.29, 1.82) is 0 Å². The van der Waals surface area contributed by atoms with Crippen LogP contribution in [-0.4, -0.2) is 29.3 Å². The number of carbonyl (C=O) groups excluding carboxylic acids is 2. The first-order valence-electron chi connectivity index (χ1n) is 9.72. The maximum absolute atomic E-state index is 13.0. The normalized spacial score (nSPS) is 11.9. The number of benzene rings is 2. The standard InChI is InChI=1S/C23H29ClN2O2/c1-17(2)13-14-25-23(28)18(3)26(16-20-7-5-4-6-8-20)22(27)15-19-9-11-21(24)12-10-19/h4-12,17-18H,13-16H2,1-3H3,(H,25,28). The van der Waals surface area contributed by atoms with Gasteiger partial charge in [-0.05, 0) is 42.5 Å². The fraction of sp³-hybridized carbons (Fsp3) is 0.391. The molecule has 0 aliphatic carbocycles. The van der Waals surface area contributed by atoms with Crippen LogP contribution in [0.2, 0.25) is 5.02 Å². The van der Waals surface area contributed by atoms with Gasteiger partial charge in [-0.2, -0.15) is 0 Å². The third-order valence-electron chi connectivity index (χ3n) is 4.65. The molecule has 0 saturated carbocycles. The quantitative estimate of drug-likeness (QED) is 0.675. The molecule has 2 aromatic rings. The van der Waals surface area contributed by atoms with Gasteiger partial charge in [-0.25, -0.2) is 0 Å². The molecule has 150 valence electrons. The number of amides is 2. The molecule has 1 unspecified atom stereocenters. The zero-order valence-electron chi connectivity index (χ0n) is 16.8. The van der Waals surface area contributed by atoms with Crippen LogP contribution < -0.4 is 5.32 Å². The summed E-state index contributed by atoms with van der Waals surface area (Å²) in [5, 5.41) is 3.59. The van der Waals surface area contributed by atoms with E-state index in [9.17, 15) is 9.59 Å². The molecule has 0 aliphatic heterocycles. The third-order valence-corrected chi connectivity index (χ3v) is 4.90. The number of hydrogen-bond donors (Lipinski definition) is 1. The molecule has 0 aromatic heterocycles. The van der Waals surface area contributed by atoms with Gasteiger partial charge in [0.25, 0.3) is 0 Å². The second kappa shape index (κ2) is 10.9. The van der Waals surface area contributed by atoms with Crippen molar-refractivity contribution in [2.75, 3.05) is 6.54 Å². The van der Waals surface area contributed by atoms with Crippen molar-refractivity contribution in [2.45, 2.75) is 46.2 Å². The highest BCUT2D eigenvalue weighted by Gasteiger charge is 2.26. The summed E-state index contributed by atoms with van der Waals surface area (Å²) in [6, 6.07) is 16.4. The van der Waals surface area contributed by atoms with Gasteiger partial charge in [-0.1, -0.05) is 67.9 Å². The van der Waals surface area contributed by atoms with Crippen LogP contribution in [0.4, 0.5) is 0 Å². The predicted octanol–water partition coefficient (Wildman–Crippen LogP) is 4.46. The van der Waals surface area contributed by atoms with Crippen molar-refractivity contribution in [3.63, 3.8) is 0 Å². The molecule has 0 fully saturated rings. The maximum Gasteiger partial charge on any atom is 0.242 e. The van der Waals surface area contributed by atoms with Crippen molar-refractivity contribution in [2.24, 2.45) is 5.92 Å². The molecular formula is C23H29ClN2O2. The highest BCUT2D eigenvalue weighted by atomic mass is 35.5. The van der Waals surface area contributed by atoms with Crippen LogP contribution in [0.15, 0.2) is 54.6 Å². The average molecular weight is 401 g/mol. The number of nitrogens with one attached hydrogen (secondary N) is 1. The second-order valence-corrected chi connectivity index (χ2v) is 7.90. The van der Waals surface area contributed by atoms with Crippen molar-refractivity contribution in [3.8, 4) is 0 Å². The minimum Gasteiger partial charge on any atom is -0.354 e. The van der Waals surface area contributed by atoms with Crippen LogP contribution in [0.5, 0.6) is 0 Å². The average Bonchev–Trinajstić information content (AvgIpc) is 2.67. The van der Waals surface area contributed by atoms with E-state index >= 15 is 0 Å². The van der Waals surface area contributed by atoms with E-state index in [1.54, 1.807) is 24.0 Å². The summed E-state index contributed by atoms with van der Waals surface area (Å²) in [7, 11) is 0. The van der Waals surface area contributed by atoms with Crippen LogP contribution >= 0.6 is 11.6 Å². The van der Waals surface area contributed by atoms with Crippen LogP contribution in [0.1, 0.15) is 38.3 Å². The van der Waals surface area contributed by atoms with E-state index in [4.69, 9.17) is 11.6 Å². The zero-order chi connectivity index (χ0) is 20.5. The lowest BCUT2D eigenvalue weighted by Crippen LogP contribution is -2.48. The van der Waals surface area contributed by atoms with Crippen molar-refractivity contribution < 1.29 is 9.59 Å². The Kier molecular flexibility index (Phi) is 8.52. The largest absolute Gasteiger partial charge is 0.354 e. The SMILES string of the molecule is CC(C)CCNC(=O)C(C)N(Cc1ccccc1)C(=O)Cc1ccc(Cl)cc1. The zero-order valence-corrected chi connectivity index (χ0v) is 17.6. The van der Waals surface area contributed by atoms with Crippen molar-refractivity contribution in [1.82, 2.24) is 10.2 Å². The molecule has 2 aromatic carbocycles. The molecular weight excluding hydrogens is 372 g/mol. The molecule has 0 aliphatic rings. The first kappa shape index (κ1) is 22.0. The summed E-state index contributed by atoms with van der Waals surface area (Å²) >= 11 is 5.93. The number of hydrogen-bond acceptors (Lipinski definition) is 2. The van der Waals surface area contributed by atoms with Crippen LogP contribution in [-0.2, 0) is 22.6 Å². The molecule has 4 nitrogen and oxygen atoms in total. The highest BCUT2D eigenvalue weighted by Crippen LogP contribution is 2.14. The van der Waals surface area contributed by atoms with Crippen LogP contribution in [0, 0.1) is 5.92 Å². The van der Waals surface area contributed by atoms with Gasteiger partial charge in [0.05, 0.1) is 6.42 Å². The highest BCUT2D eigenvalue weighted by molar-refractivity contribution is 6.30. The van der Waals surface area contributed by atoms with Crippen molar-refractivity contribution >= 4 is 23.4 Å². The molecule has 28 heavy (non-hydrogen) atoms. The summed E-state index contributed by atoms with van der Waals surface area (Å²) in [5.41, 5.74) is 1.87. The molecule has 0 radical (unpaired) electrons. The Morgan fingerprint density at radius 3 is 2.21 bits per heavy atom. The van der Waals surface area contributed by atoms with Crippen molar-refractivity contribution in [3.05, 3.63) is 70.7 Å².